The maximum Gasteiger partial charge on any atom is 0.0965 e. The smallest absolute Gasteiger partial charge is 0.0965 e. The molecule has 2 N–H and O–H groups in total. The highest BCUT2D eigenvalue weighted by molar-refractivity contribution is 6.31. The molecule has 0 spiro atoms. The Hall–Kier alpha value is -2.33. The minimum Gasteiger partial charge on any atom is -0.398 e. The van der Waals surface area contributed by atoms with E-state index >= 15 is 0 Å². The lowest BCUT2D eigenvalue weighted by molar-refractivity contribution is 0.808. The van der Waals surface area contributed by atoms with Crippen molar-refractivity contribution in [3.8, 4) is 16.9 Å². The predicted octanol–water partition coefficient (Wildman–Crippen LogP) is 3.17. The Morgan fingerprint density at radius 1 is 1.05 bits per heavy atom. The molecule has 3 aromatic rings. The van der Waals surface area contributed by atoms with Crippen LogP contribution in [0.1, 0.15) is 0 Å². The number of rotatable bonds is 2. The van der Waals surface area contributed by atoms with Gasteiger partial charge in [0.1, 0.15) is 0 Å². The fraction of sp³-hybridized carbons (Fsp3) is 0. The first-order valence-corrected chi connectivity index (χ1v) is 6.15. The van der Waals surface area contributed by atoms with Crippen molar-refractivity contribution in [2.24, 2.45) is 0 Å². The van der Waals surface area contributed by atoms with Crippen molar-refractivity contribution in [1.29, 1.82) is 0 Å². The molecule has 0 aliphatic rings. The molecule has 1 aromatic heterocycles. The Balaban J connectivity index is 2.18. The second kappa shape index (κ2) is 4.74. The van der Waals surface area contributed by atoms with E-state index in [0.29, 0.717) is 10.7 Å². The van der Waals surface area contributed by atoms with E-state index in [1.807, 2.05) is 36.4 Å². The summed E-state index contributed by atoms with van der Waals surface area (Å²) in [6.07, 6.45) is 1.68. The number of nitrogen functional groups attached to an aromatic ring is 1. The minimum atomic E-state index is 0.630. The maximum atomic E-state index is 6.03. The average molecular weight is 271 g/mol. The zero-order chi connectivity index (χ0) is 13.2. The van der Waals surface area contributed by atoms with Gasteiger partial charge in [0.2, 0.25) is 0 Å². The Kier molecular flexibility index (Phi) is 2.93. The van der Waals surface area contributed by atoms with Crippen LogP contribution < -0.4 is 5.73 Å². The van der Waals surface area contributed by atoms with Crippen LogP contribution in [0.5, 0.6) is 0 Å². The fourth-order valence-electron chi connectivity index (χ4n) is 1.93. The van der Waals surface area contributed by atoms with Gasteiger partial charge >= 0.3 is 0 Å². The number of hydrogen-bond acceptors (Lipinski definition) is 3. The van der Waals surface area contributed by atoms with Gasteiger partial charge in [-0.3, -0.25) is 0 Å². The number of halogens is 1. The molecule has 94 valence electrons. The zero-order valence-electron chi connectivity index (χ0n) is 9.99. The molecule has 0 unspecified atom stereocenters. The normalized spacial score (nSPS) is 10.6. The molecule has 0 bridgehead atoms. The lowest BCUT2D eigenvalue weighted by Crippen LogP contribution is -2.00. The minimum absolute atomic E-state index is 0.630. The number of nitrogens with zero attached hydrogens (tertiary/aromatic N) is 3. The third-order valence-corrected chi connectivity index (χ3v) is 3.08. The molecule has 3 rings (SSSR count). The maximum absolute atomic E-state index is 6.03. The van der Waals surface area contributed by atoms with E-state index in [9.17, 15) is 0 Å². The van der Waals surface area contributed by atoms with Crippen LogP contribution in [0.15, 0.2) is 54.7 Å². The largest absolute Gasteiger partial charge is 0.398 e. The summed E-state index contributed by atoms with van der Waals surface area (Å²) in [4.78, 5) is 0. The predicted molar refractivity (Wildman–Crippen MR) is 76.2 cm³/mol. The van der Waals surface area contributed by atoms with Gasteiger partial charge in [-0.15, -0.1) is 5.10 Å². The van der Waals surface area contributed by atoms with E-state index in [1.54, 1.807) is 23.0 Å². The summed E-state index contributed by atoms with van der Waals surface area (Å²) >= 11 is 6.03. The van der Waals surface area contributed by atoms with Crippen LogP contribution in [-0.2, 0) is 0 Å². The molecule has 0 amide bonds. The van der Waals surface area contributed by atoms with Crippen molar-refractivity contribution in [1.82, 2.24) is 15.0 Å². The van der Waals surface area contributed by atoms with E-state index in [4.69, 9.17) is 17.3 Å². The molecule has 0 saturated heterocycles. The first kappa shape index (κ1) is 11.7. The van der Waals surface area contributed by atoms with Crippen LogP contribution >= 0.6 is 11.6 Å². The number of nitrogens with two attached hydrogens (primary N) is 1. The van der Waals surface area contributed by atoms with Gasteiger partial charge in [0.05, 0.1) is 17.6 Å². The van der Waals surface area contributed by atoms with E-state index in [1.165, 1.54) is 0 Å². The Morgan fingerprint density at radius 3 is 2.63 bits per heavy atom. The summed E-state index contributed by atoms with van der Waals surface area (Å²) < 4.78 is 1.74. The van der Waals surface area contributed by atoms with E-state index in [0.717, 1.165) is 16.9 Å². The van der Waals surface area contributed by atoms with Crippen molar-refractivity contribution in [2.45, 2.75) is 0 Å². The lowest BCUT2D eigenvalue weighted by Gasteiger charge is -2.08. The second-order valence-corrected chi connectivity index (χ2v) is 4.53. The van der Waals surface area contributed by atoms with Crippen LogP contribution in [0.2, 0.25) is 5.02 Å². The van der Waals surface area contributed by atoms with Crippen LogP contribution in [-0.4, -0.2) is 15.0 Å². The summed E-state index contributed by atoms with van der Waals surface area (Å²) in [7, 11) is 0. The Bertz CT molecular complexity index is 706. The van der Waals surface area contributed by atoms with Crippen molar-refractivity contribution in [3.63, 3.8) is 0 Å². The van der Waals surface area contributed by atoms with E-state index < -0.39 is 0 Å². The summed E-state index contributed by atoms with van der Waals surface area (Å²) in [6, 6.07) is 15.1. The van der Waals surface area contributed by atoms with Crippen molar-refractivity contribution in [2.75, 3.05) is 5.73 Å². The quantitative estimate of drug-likeness (QED) is 0.728. The first-order valence-electron chi connectivity index (χ1n) is 5.77. The Labute approximate surface area is 115 Å². The van der Waals surface area contributed by atoms with Crippen LogP contribution in [0.4, 0.5) is 5.69 Å². The summed E-state index contributed by atoms with van der Waals surface area (Å²) in [5, 5.41) is 8.69. The van der Waals surface area contributed by atoms with Crippen LogP contribution in [0.3, 0.4) is 0 Å². The SMILES string of the molecule is Nc1ccc(Cl)cc1-c1cnnn1-c1ccccc1. The number of anilines is 1. The lowest BCUT2D eigenvalue weighted by atomic mass is 10.1. The third kappa shape index (κ3) is 2.18. The molecule has 0 fully saturated rings. The highest BCUT2D eigenvalue weighted by atomic mass is 35.5. The summed E-state index contributed by atoms with van der Waals surface area (Å²) in [5.41, 5.74) is 9.20. The summed E-state index contributed by atoms with van der Waals surface area (Å²) in [6.45, 7) is 0. The molecule has 0 aliphatic carbocycles. The first-order chi connectivity index (χ1) is 9.25. The van der Waals surface area contributed by atoms with Gasteiger partial charge in [0, 0.05) is 16.3 Å². The highest BCUT2D eigenvalue weighted by Crippen LogP contribution is 2.29. The number of aromatic nitrogens is 3. The molecule has 19 heavy (non-hydrogen) atoms. The van der Waals surface area contributed by atoms with Gasteiger partial charge in [0.15, 0.2) is 0 Å². The second-order valence-electron chi connectivity index (χ2n) is 4.10. The van der Waals surface area contributed by atoms with Gasteiger partial charge < -0.3 is 5.73 Å². The highest BCUT2D eigenvalue weighted by Gasteiger charge is 2.11. The molecular formula is C14H11ClN4. The van der Waals surface area contributed by atoms with Crippen LogP contribution in [0.25, 0.3) is 16.9 Å². The van der Waals surface area contributed by atoms with Crippen molar-refractivity contribution >= 4 is 17.3 Å². The molecule has 4 nitrogen and oxygen atoms in total. The fourth-order valence-corrected chi connectivity index (χ4v) is 2.10. The number of para-hydroxylation sites is 1. The van der Waals surface area contributed by atoms with Crippen LogP contribution in [0, 0.1) is 0 Å². The molecule has 0 atom stereocenters. The van der Waals surface area contributed by atoms with Gasteiger partial charge in [-0.1, -0.05) is 35.0 Å². The van der Waals surface area contributed by atoms with Gasteiger partial charge in [-0.25, -0.2) is 4.68 Å². The molecule has 2 aromatic carbocycles. The van der Waals surface area contributed by atoms with Crippen molar-refractivity contribution in [3.05, 3.63) is 59.8 Å². The molecule has 1 heterocycles. The topological polar surface area (TPSA) is 56.7 Å². The Morgan fingerprint density at radius 2 is 1.84 bits per heavy atom. The number of benzene rings is 2. The standard InChI is InChI=1S/C14H11ClN4/c15-10-6-7-13(16)12(8-10)14-9-17-18-19(14)11-4-2-1-3-5-11/h1-9H,16H2. The molecule has 5 heteroatoms. The average Bonchev–Trinajstić information content (AvgIpc) is 2.91. The van der Waals surface area contributed by atoms with Crippen molar-refractivity contribution < 1.29 is 0 Å². The molecule has 0 saturated carbocycles. The molecular weight excluding hydrogens is 260 g/mol. The number of hydrogen-bond donors (Lipinski definition) is 1. The van der Waals surface area contributed by atoms with Gasteiger partial charge in [-0.2, -0.15) is 0 Å². The van der Waals surface area contributed by atoms with E-state index in [-0.39, 0.29) is 0 Å². The molecule has 0 aliphatic heterocycles. The molecule has 0 radical (unpaired) electrons. The van der Waals surface area contributed by atoms with Gasteiger partial charge in [-0.05, 0) is 30.3 Å². The zero-order valence-corrected chi connectivity index (χ0v) is 10.7. The third-order valence-electron chi connectivity index (χ3n) is 2.84. The van der Waals surface area contributed by atoms with E-state index in [2.05, 4.69) is 10.3 Å². The summed E-state index contributed by atoms with van der Waals surface area (Å²) in [5.74, 6) is 0. The monoisotopic (exact) mass is 270 g/mol. The van der Waals surface area contributed by atoms with Gasteiger partial charge in [0.25, 0.3) is 0 Å².